The molecule has 1 aliphatic heterocycles. The number of ether oxygens (including phenoxy) is 4. The highest BCUT2D eigenvalue weighted by Gasteiger charge is 2.37. The highest BCUT2D eigenvalue weighted by atomic mass is 16.7. The van der Waals surface area contributed by atoms with Crippen molar-refractivity contribution in [3.63, 3.8) is 0 Å². The topological polar surface area (TPSA) is 112 Å². The minimum atomic E-state index is -0.836. The van der Waals surface area contributed by atoms with Gasteiger partial charge < -0.3 is 24.1 Å². The molecule has 0 aliphatic carbocycles. The first-order valence-corrected chi connectivity index (χ1v) is 32.9. The number of hydrogen-bond acceptors (Lipinski definition) is 9. The highest BCUT2D eigenvalue weighted by molar-refractivity contribution is 5.76. The Kier molecular flexibility index (Phi) is 49.4. The lowest BCUT2D eigenvalue weighted by Crippen LogP contribution is -2.49. The van der Waals surface area contributed by atoms with E-state index in [1.807, 2.05) is 0 Å². The molecule has 438 valence electrons. The van der Waals surface area contributed by atoms with Crippen molar-refractivity contribution in [1.29, 1.82) is 0 Å². The van der Waals surface area contributed by atoms with Crippen molar-refractivity contribution in [3.05, 3.63) is 0 Å². The lowest BCUT2D eigenvalue weighted by atomic mass is 9.97. The Morgan fingerprint density at radius 3 is 1.31 bits per heavy atom. The Hall–Kier alpha value is -1.71. The van der Waals surface area contributed by atoms with Gasteiger partial charge in [0, 0.05) is 32.2 Å². The molecule has 1 heterocycles. The molecule has 0 aromatic carbocycles. The Morgan fingerprint density at radius 1 is 0.459 bits per heavy atom. The van der Waals surface area contributed by atoms with Gasteiger partial charge in [-0.15, -0.1) is 0 Å². The smallest absolute Gasteiger partial charge is 0.323 e. The molecule has 0 saturated carbocycles. The van der Waals surface area contributed by atoms with Crippen molar-refractivity contribution in [2.45, 2.75) is 373 Å². The van der Waals surface area contributed by atoms with Gasteiger partial charge in [0.15, 0.2) is 0 Å². The van der Waals surface area contributed by atoms with E-state index in [1.165, 1.54) is 173 Å². The summed E-state index contributed by atoms with van der Waals surface area (Å²) in [5.74, 6) is -1.28. The molecule has 0 bridgehead atoms. The molecule has 74 heavy (non-hydrogen) atoms. The summed E-state index contributed by atoms with van der Waals surface area (Å²) >= 11 is 0. The largest absolute Gasteiger partial charge is 0.466 e. The number of piperidine rings is 1. The molecule has 1 N–H and O–H groups in total. The molecule has 0 aromatic heterocycles. The highest BCUT2D eigenvalue weighted by Crippen LogP contribution is 2.34. The first-order valence-electron chi connectivity index (χ1n) is 32.9. The number of carbonyl (C=O) groups is 3. The van der Waals surface area contributed by atoms with E-state index in [0.717, 1.165) is 122 Å². The number of hydrogen-bond donors (Lipinski definition) is 1. The van der Waals surface area contributed by atoms with E-state index in [4.69, 9.17) is 18.9 Å². The van der Waals surface area contributed by atoms with Crippen LogP contribution in [0.5, 0.6) is 0 Å². The van der Waals surface area contributed by atoms with Crippen LogP contribution in [-0.2, 0) is 33.3 Å². The van der Waals surface area contributed by atoms with Crippen LogP contribution >= 0.6 is 0 Å². The quantitative estimate of drug-likeness (QED) is 0.0275. The van der Waals surface area contributed by atoms with E-state index in [-0.39, 0.29) is 24.0 Å². The number of aliphatic hydroxyl groups is 1. The third kappa shape index (κ3) is 41.4. The van der Waals surface area contributed by atoms with Crippen molar-refractivity contribution in [3.8, 4) is 0 Å². The van der Waals surface area contributed by atoms with Crippen LogP contribution in [0.4, 0.5) is 0 Å². The molecule has 1 fully saturated rings. The SMILES string of the molecule is CCCCCCCCCCCOC(=O)CCCCCN1CC[C@@H](O)C[C@H]1C(=O)OCCCCCCCC(=O)OC(CCCCCCCC)(CCCCCCCC)OC(CCCCCCCC)CCCCCCCC. The number of rotatable bonds is 56. The third-order valence-electron chi connectivity index (χ3n) is 15.8. The zero-order chi connectivity index (χ0) is 53.8. The van der Waals surface area contributed by atoms with Gasteiger partial charge >= 0.3 is 17.9 Å². The van der Waals surface area contributed by atoms with Crippen molar-refractivity contribution in [2.75, 3.05) is 26.3 Å². The second-order valence-corrected chi connectivity index (χ2v) is 23.0. The molecular weight excluding hydrogens is 923 g/mol. The first-order chi connectivity index (χ1) is 36.2. The minimum Gasteiger partial charge on any atom is -0.466 e. The number of unbranched alkanes of at least 4 members (excludes halogenated alkanes) is 34. The molecule has 9 heteroatoms. The van der Waals surface area contributed by atoms with E-state index < -0.39 is 17.9 Å². The van der Waals surface area contributed by atoms with Gasteiger partial charge in [-0.05, 0) is 77.2 Å². The van der Waals surface area contributed by atoms with E-state index in [1.54, 1.807) is 0 Å². The summed E-state index contributed by atoms with van der Waals surface area (Å²) < 4.78 is 25.3. The Bertz CT molecular complexity index is 1210. The average molecular weight is 1050 g/mol. The summed E-state index contributed by atoms with van der Waals surface area (Å²) in [7, 11) is 0. The van der Waals surface area contributed by atoms with Crippen LogP contribution in [0.3, 0.4) is 0 Å². The van der Waals surface area contributed by atoms with Crippen LogP contribution in [0.1, 0.15) is 349 Å². The lowest BCUT2D eigenvalue weighted by Gasteiger charge is -2.37. The predicted octanol–water partition coefficient (Wildman–Crippen LogP) is 19.0. The van der Waals surface area contributed by atoms with Crippen LogP contribution in [0.15, 0.2) is 0 Å². The number of aliphatic hydroxyl groups excluding tert-OH is 1. The predicted molar refractivity (Wildman–Crippen MR) is 312 cm³/mol. The molecule has 1 aliphatic rings. The van der Waals surface area contributed by atoms with Crippen LogP contribution in [0, 0.1) is 0 Å². The molecule has 0 radical (unpaired) electrons. The fourth-order valence-electron chi connectivity index (χ4n) is 11.0. The summed E-state index contributed by atoms with van der Waals surface area (Å²) in [5, 5.41) is 10.5. The van der Waals surface area contributed by atoms with Crippen LogP contribution in [-0.4, -0.2) is 78.3 Å². The summed E-state index contributed by atoms with van der Waals surface area (Å²) in [6, 6.07) is -0.425. The van der Waals surface area contributed by atoms with Crippen LogP contribution in [0.2, 0.25) is 0 Å². The van der Waals surface area contributed by atoms with Gasteiger partial charge in [-0.3, -0.25) is 19.3 Å². The van der Waals surface area contributed by atoms with Crippen molar-refractivity contribution < 1.29 is 38.4 Å². The van der Waals surface area contributed by atoms with Gasteiger partial charge in [-0.2, -0.15) is 0 Å². The van der Waals surface area contributed by atoms with Crippen molar-refractivity contribution in [2.24, 2.45) is 0 Å². The Labute approximate surface area is 459 Å². The maximum absolute atomic E-state index is 13.9. The minimum absolute atomic E-state index is 0.101. The zero-order valence-electron chi connectivity index (χ0n) is 50.0. The second-order valence-electron chi connectivity index (χ2n) is 23.0. The van der Waals surface area contributed by atoms with Gasteiger partial charge in [0.05, 0.1) is 25.4 Å². The van der Waals surface area contributed by atoms with Gasteiger partial charge in [-0.25, -0.2) is 0 Å². The Morgan fingerprint density at radius 2 is 0.838 bits per heavy atom. The monoisotopic (exact) mass is 1050 g/mol. The molecule has 2 atom stereocenters. The second kappa shape index (κ2) is 52.0. The number of nitrogens with zero attached hydrogens (tertiary/aromatic N) is 1. The number of esters is 3. The van der Waals surface area contributed by atoms with Crippen LogP contribution in [0.25, 0.3) is 0 Å². The summed E-state index contributed by atoms with van der Waals surface area (Å²) in [6.07, 6.45) is 53.2. The fourth-order valence-corrected chi connectivity index (χ4v) is 11.0. The van der Waals surface area contributed by atoms with Gasteiger partial charge in [0.2, 0.25) is 5.79 Å². The van der Waals surface area contributed by atoms with Gasteiger partial charge in [0.25, 0.3) is 0 Å². The Balaban J connectivity index is 2.68. The summed E-state index contributed by atoms with van der Waals surface area (Å²) in [6.45, 7) is 13.7. The van der Waals surface area contributed by atoms with Crippen molar-refractivity contribution >= 4 is 17.9 Å². The standard InChI is InChI=1S/C65H125NO8/c1-6-11-16-21-26-27-28-35-45-56-71-62(68)49-41-37-44-54-66-55-51-59(67)58-61(66)64(70)72-57-46-36-29-32-40-50-63(69)74-65(52-42-33-24-19-14-9-4,53-43-34-25-20-15-10-5)73-60(47-38-30-22-17-12-7-2)48-39-31-23-18-13-8-3/h59-61,67H,6-58H2,1-5H3/t59-,61+/m1/s1. The molecule has 9 nitrogen and oxygen atoms in total. The maximum Gasteiger partial charge on any atom is 0.323 e. The van der Waals surface area contributed by atoms with Gasteiger partial charge in [0.1, 0.15) is 6.04 Å². The van der Waals surface area contributed by atoms with Crippen LogP contribution < -0.4 is 0 Å². The van der Waals surface area contributed by atoms with E-state index in [0.29, 0.717) is 45.4 Å². The lowest BCUT2D eigenvalue weighted by molar-refractivity contribution is -0.259. The van der Waals surface area contributed by atoms with E-state index in [9.17, 15) is 19.5 Å². The van der Waals surface area contributed by atoms with Crippen molar-refractivity contribution in [1.82, 2.24) is 4.90 Å². The van der Waals surface area contributed by atoms with E-state index >= 15 is 0 Å². The normalized spacial score (nSPS) is 15.3. The first kappa shape index (κ1) is 70.3. The molecule has 0 spiro atoms. The van der Waals surface area contributed by atoms with Gasteiger partial charge in [-0.1, -0.05) is 253 Å². The number of likely N-dealkylation sites (tertiary alicyclic amines) is 1. The fraction of sp³-hybridized carbons (Fsp3) is 0.954. The summed E-state index contributed by atoms with van der Waals surface area (Å²) in [4.78, 5) is 41.7. The molecule has 0 unspecified atom stereocenters. The van der Waals surface area contributed by atoms with E-state index in [2.05, 4.69) is 39.5 Å². The third-order valence-corrected chi connectivity index (χ3v) is 15.8. The zero-order valence-corrected chi connectivity index (χ0v) is 50.0. The molecule has 0 amide bonds. The molecule has 1 saturated heterocycles. The molecule has 1 rings (SSSR count). The average Bonchev–Trinajstić information content (AvgIpc) is 3.39. The maximum atomic E-state index is 13.9. The number of carbonyl (C=O) groups excluding carboxylic acids is 3. The molecule has 0 aromatic rings. The molecular formula is C65H125NO8. The summed E-state index contributed by atoms with van der Waals surface area (Å²) in [5.41, 5.74) is 0.